The fraction of sp³-hybridized carbons (Fsp3) is 0.167. The highest BCUT2D eigenvalue weighted by Crippen LogP contribution is 2.22. The third-order valence-electron chi connectivity index (χ3n) is 5.20. The van der Waals surface area contributed by atoms with Gasteiger partial charge in [-0.3, -0.25) is 0 Å². The second-order valence-corrected chi connectivity index (χ2v) is 9.30. The van der Waals surface area contributed by atoms with Crippen LogP contribution in [0.4, 0.5) is 0 Å². The predicted octanol–water partition coefficient (Wildman–Crippen LogP) is 3.84. The van der Waals surface area contributed by atoms with Crippen LogP contribution in [0, 0.1) is 13.8 Å². The van der Waals surface area contributed by atoms with Crippen LogP contribution in [0.2, 0.25) is 0 Å². The first-order chi connectivity index (χ1) is 15.7. The summed E-state index contributed by atoms with van der Waals surface area (Å²) in [4.78, 5) is 24.5. The van der Waals surface area contributed by atoms with Gasteiger partial charge in [-0.05, 0) is 67.4 Å². The SMILES string of the molecule is Cc1cc2oc(=O)cc(COC(=O)c3cccc(S(=O)(=O)NCc4ccco4)c3)c2cc1C. The number of rotatable bonds is 7. The first-order valence-corrected chi connectivity index (χ1v) is 11.5. The van der Waals surface area contributed by atoms with Gasteiger partial charge >= 0.3 is 11.6 Å². The van der Waals surface area contributed by atoms with Crippen molar-refractivity contribution in [2.45, 2.75) is 31.9 Å². The summed E-state index contributed by atoms with van der Waals surface area (Å²) in [7, 11) is -3.87. The zero-order valence-corrected chi connectivity index (χ0v) is 18.8. The van der Waals surface area contributed by atoms with Gasteiger partial charge in [0.1, 0.15) is 18.0 Å². The molecule has 0 saturated heterocycles. The quantitative estimate of drug-likeness (QED) is 0.324. The zero-order valence-electron chi connectivity index (χ0n) is 18.0. The van der Waals surface area contributed by atoms with Gasteiger partial charge in [-0.15, -0.1) is 0 Å². The lowest BCUT2D eigenvalue weighted by Crippen LogP contribution is -2.23. The Kier molecular flexibility index (Phi) is 6.17. The number of sulfonamides is 1. The minimum absolute atomic E-state index is 0.0213. The Morgan fingerprint density at radius 2 is 1.82 bits per heavy atom. The van der Waals surface area contributed by atoms with Crippen molar-refractivity contribution >= 4 is 27.0 Å². The fourth-order valence-electron chi connectivity index (χ4n) is 3.28. The first-order valence-electron chi connectivity index (χ1n) is 10.1. The Bertz CT molecular complexity index is 1490. The van der Waals surface area contributed by atoms with E-state index in [2.05, 4.69) is 4.72 Å². The van der Waals surface area contributed by atoms with E-state index in [9.17, 15) is 18.0 Å². The molecule has 2 aromatic carbocycles. The van der Waals surface area contributed by atoms with Gasteiger partial charge in [0, 0.05) is 17.0 Å². The van der Waals surface area contributed by atoms with Gasteiger partial charge in [0.25, 0.3) is 0 Å². The molecule has 4 rings (SSSR count). The molecule has 0 aliphatic heterocycles. The molecule has 0 atom stereocenters. The summed E-state index contributed by atoms with van der Waals surface area (Å²) < 4.78 is 43.3. The number of ether oxygens (including phenoxy) is 1. The van der Waals surface area contributed by atoms with Crippen molar-refractivity contribution in [2.75, 3.05) is 0 Å². The molecule has 0 radical (unpaired) electrons. The number of hydrogen-bond acceptors (Lipinski definition) is 7. The minimum atomic E-state index is -3.87. The molecular formula is C24H21NO7S. The lowest BCUT2D eigenvalue weighted by Gasteiger charge is -2.10. The van der Waals surface area contributed by atoms with Crippen molar-refractivity contribution in [2.24, 2.45) is 0 Å². The van der Waals surface area contributed by atoms with E-state index in [1.807, 2.05) is 19.9 Å². The van der Waals surface area contributed by atoms with Gasteiger partial charge in [-0.1, -0.05) is 6.07 Å². The first kappa shape index (κ1) is 22.5. The molecule has 8 nitrogen and oxygen atoms in total. The summed E-state index contributed by atoms with van der Waals surface area (Å²) in [6, 6.07) is 13.7. The molecule has 0 spiro atoms. The number of carbonyl (C=O) groups is 1. The minimum Gasteiger partial charge on any atom is -0.468 e. The summed E-state index contributed by atoms with van der Waals surface area (Å²) in [5.41, 5.74) is 2.40. The van der Waals surface area contributed by atoms with Gasteiger partial charge in [0.2, 0.25) is 10.0 Å². The number of esters is 1. The molecule has 2 heterocycles. The average molecular weight is 467 g/mol. The maximum atomic E-state index is 12.6. The van der Waals surface area contributed by atoms with Crippen LogP contribution in [0.5, 0.6) is 0 Å². The number of furan rings is 1. The van der Waals surface area contributed by atoms with Crippen LogP contribution in [-0.4, -0.2) is 14.4 Å². The largest absolute Gasteiger partial charge is 0.468 e. The highest BCUT2D eigenvalue weighted by atomic mass is 32.2. The van der Waals surface area contributed by atoms with E-state index in [-0.39, 0.29) is 23.6 Å². The molecule has 170 valence electrons. The van der Waals surface area contributed by atoms with Gasteiger partial charge < -0.3 is 13.6 Å². The van der Waals surface area contributed by atoms with Crippen LogP contribution in [0.1, 0.15) is 32.8 Å². The Morgan fingerprint density at radius 3 is 2.58 bits per heavy atom. The zero-order chi connectivity index (χ0) is 23.6. The molecule has 0 amide bonds. The van der Waals surface area contributed by atoms with E-state index in [0.717, 1.165) is 11.1 Å². The summed E-state index contributed by atoms with van der Waals surface area (Å²) in [6.45, 7) is 3.65. The molecule has 0 aliphatic carbocycles. The smallest absolute Gasteiger partial charge is 0.338 e. The Labute approximate surface area is 189 Å². The van der Waals surface area contributed by atoms with E-state index < -0.39 is 21.6 Å². The van der Waals surface area contributed by atoms with E-state index in [4.69, 9.17) is 13.6 Å². The summed E-state index contributed by atoms with van der Waals surface area (Å²) in [5.74, 6) is -0.262. The predicted molar refractivity (Wildman–Crippen MR) is 120 cm³/mol. The molecule has 2 aromatic heterocycles. The number of carbonyl (C=O) groups excluding carboxylic acids is 1. The third kappa shape index (κ3) is 5.05. The highest BCUT2D eigenvalue weighted by Gasteiger charge is 2.18. The molecule has 33 heavy (non-hydrogen) atoms. The Hall–Kier alpha value is -3.69. The fourth-order valence-corrected chi connectivity index (χ4v) is 4.32. The normalized spacial score (nSPS) is 11.6. The van der Waals surface area contributed by atoms with Crippen molar-refractivity contribution in [1.29, 1.82) is 0 Å². The summed E-state index contributed by atoms with van der Waals surface area (Å²) >= 11 is 0. The van der Waals surface area contributed by atoms with Crippen molar-refractivity contribution in [3.8, 4) is 0 Å². The summed E-state index contributed by atoms with van der Waals surface area (Å²) in [5, 5.41) is 0.670. The molecular weight excluding hydrogens is 446 g/mol. The van der Waals surface area contributed by atoms with Gasteiger partial charge in [-0.2, -0.15) is 0 Å². The average Bonchev–Trinajstić information content (AvgIpc) is 3.31. The summed E-state index contributed by atoms with van der Waals surface area (Å²) in [6.07, 6.45) is 1.45. The van der Waals surface area contributed by atoms with Crippen molar-refractivity contribution in [1.82, 2.24) is 4.72 Å². The van der Waals surface area contributed by atoms with Crippen LogP contribution >= 0.6 is 0 Å². The number of nitrogens with one attached hydrogen (secondary N) is 1. The van der Waals surface area contributed by atoms with E-state index in [1.165, 1.54) is 36.6 Å². The number of benzene rings is 2. The van der Waals surface area contributed by atoms with Gasteiger partial charge in [-0.25, -0.2) is 22.7 Å². The van der Waals surface area contributed by atoms with Gasteiger partial charge in [0.05, 0.1) is 23.3 Å². The lowest BCUT2D eigenvalue weighted by atomic mass is 10.0. The van der Waals surface area contributed by atoms with Crippen LogP contribution in [0.25, 0.3) is 11.0 Å². The molecule has 0 bridgehead atoms. The number of hydrogen-bond donors (Lipinski definition) is 1. The van der Waals surface area contributed by atoms with Crippen LogP contribution in [0.15, 0.2) is 79.4 Å². The Balaban J connectivity index is 1.52. The van der Waals surface area contributed by atoms with Crippen LogP contribution in [0.3, 0.4) is 0 Å². The molecule has 0 saturated carbocycles. The second-order valence-electron chi connectivity index (χ2n) is 7.53. The monoisotopic (exact) mass is 467 g/mol. The standard InChI is InChI=1S/C24H21NO7S/c1-15-9-21-18(12-23(26)32-22(21)10-16(15)2)14-31-24(27)17-5-3-7-20(11-17)33(28,29)25-13-19-6-4-8-30-19/h3-12,25H,13-14H2,1-2H3. The lowest BCUT2D eigenvalue weighted by molar-refractivity contribution is 0.0473. The molecule has 0 aliphatic rings. The third-order valence-corrected chi connectivity index (χ3v) is 6.60. The molecule has 4 aromatic rings. The maximum Gasteiger partial charge on any atom is 0.338 e. The Morgan fingerprint density at radius 1 is 1.03 bits per heavy atom. The van der Waals surface area contributed by atoms with E-state index >= 15 is 0 Å². The van der Waals surface area contributed by atoms with Gasteiger partial charge in [0.15, 0.2) is 0 Å². The topological polar surface area (TPSA) is 116 Å². The number of aryl methyl sites for hydroxylation is 2. The second kappa shape index (κ2) is 9.05. The van der Waals surface area contributed by atoms with E-state index in [0.29, 0.717) is 22.3 Å². The number of fused-ring (bicyclic) bond motifs is 1. The van der Waals surface area contributed by atoms with Crippen LogP contribution in [-0.2, 0) is 27.9 Å². The molecule has 1 N–H and O–H groups in total. The molecule has 0 fully saturated rings. The maximum absolute atomic E-state index is 12.6. The highest BCUT2D eigenvalue weighted by molar-refractivity contribution is 7.89. The molecule has 9 heteroatoms. The van der Waals surface area contributed by atoms with E-state index in [1.54, 1.807) is 18.2 Å². The molecule has 0 unspecified atom stereocenters. The van der Waals surface area contributed by atoms with Crippen molar-refractivity contribution < 1.29 is 26.8 Å². The van der Waals surface area contributed by atoms with Crippen molar-refractivity contribution in [3.63, 3.8) is 0 Å². The van der Waals surface area contributed by atoms with Crippen LogP contribution < -0.4 is 10.3 Å². The van der Waals surface area contributed by atoms with Crippen molar-refractivity contribution in [3.05, 3.63) is 99.3 Å².